The van der Waals surface area contributed by atoms with Crippen LogP contribution in [0.4, 0.5) is 17.6 Å². The lowest BCUT2D eigenvalue weighted by Gasteiger charge is -2.28. The smallest absolute Gasteiger partial charge is 0.417 e. The third-order valence-corrected chi connectivity index (χ3v) is 4.74. The molecule has 3 aromatic rings. The number of carbonyl (C=O) groups is 1. The number of nitrogens with zero attached hydrogens (tertiary/aromatic N) is 5. The maximum Gasteiger partial charge on any atom is 0.417 e. The topological polar surface area (TPSA) is 73.1 Å². The summed E-state index contributed by atoms with van der Waals surface area (Å²) in [5, 5.41) is 4.20. The Labute approximate surface area is 181 Å². The Morgan fingerprint density at radius 1 is 1.22 bits per heavy atom. The highest BCUT2D eigenvalue weighted by Gasteiger charge is 2.31. The summed E-state index contributed by atoms with van der Waals surface area (Å²) in [4.78, 5) is 22.4. The van der Waals surface area contributed by atoms with Crippen LogP contribution in [-0.4, -0.2) is 49.7 Å². The fourth-order valence-corrected chi connectivity index (χ4v) is 3.11. The summed E-state index contributed by atoms with van der Waals surface area (Å²) in [6.45, 7) is 3.58. The molecule has 0 radical (unpaired) electrons. The van der Waals surface area contributed by atoms with E-state index in [2.05, 4.69) is 15.1 Å². The Kier molecular flexibility index (Phi) is 6.75. The Morgan fingerprint density at radius 3 is 2.53 bits per heavy atom. The fourth-order valence-electron chi connectivity index (χ4n) is 3.11. The number of halogens is 4. The molecule has 0 aliphatic carbocycles. The second-order valence-corrected chi connectivity index (χ2v) is 7.03. The number of aromatic nitrogens is 4. The normalized spacial score (nSPS) is 12.5. The summed E-state index contributed by atoms with van der Waals surface area (Å²) in [5.74, 6) is -1.35. The second kappa shape index (κ2) is 9.33. The highest BCUT2D eigenvalue weighted by molar-refractivity contribution is 6.00. The number of aryl methyl sites for hydroxylation is 1. The summed E-state index contributed by atoms with van der Waals surface area (Å²) in [6, 6.07) is 4.15. The van der Waals surface area contributed by atoms with E-state index in [1.54, 1.807) is 33.2 Å². The van der Waals surface area contributed by atoms with Gasteiger partial charge in [-0.25, -0.2) is 9.37 Å². The quantitative estimate of drug-likeness (QED) is 0.509. The van der Waals surface area contributed by atoms with E-state index in [0.29, 0.717) is 11.9 Å². The molecule has 0 aliphatic rings. The molecule has 3 aromatic heterocycles. The minimum Gasteiger partial charge on any atom is -0.475 e. The maximum atomic E-state index is 14.7. The number of hydrogen-bond donors (Lipinski definition) is 0. The third-order valence-electron chi connectivity index (χ3n) is 4.74. The van der Waals surface area contributed by atoms with Crippen molar-refractivity contribution in [3.05, 3.63) is 59.8 Å². The van der Waals surface area contributed by atoms with Gasteiger partial charge in [-0.15, -0.1) is 0 Å². The van der Waals surface area contributed by atoms with Crippen LogP contribution in [0.5, 0.6) is 5.88 Å². The zero-order valence-electron chi connectivity index (χ0n) is 17.6. The zero-order chi connectivity index (χ0) is 23.5. The van der Waals surface area contributed by atoms with E-state index in [-0.39, 0.29) is 30.3 Å². The van der Waals surface area contributed by atoms with Crippen molar-refractivity contribution in [2.75, 3.05) is 13.2 Å². The van der Waals surface area contributed by atoms with E-state index in [0.717, 1.165) is 18.2 Å². The molecule has 0 unspecified atom stereocenters. The molecule has 0 fully saturated rings. The lowest BCUT2D eigenvalue weighted by molar-refractivity contribution is -0.137. The van der Waals surface area contributed by atoms with Gasteiger partial charge in [0.15, 0.2) is 0 Å². The minimum absolute atomic E-state index is 0.0184. The Bertz CT molecular complexity index is 1080. The Balaban J connectivity index is 1.77. The molecule has 0 saturated heterocycles. The minimum atomic E-state index is -4.50. The van der Waals surface area contributed by atoms with Gasteiger partial charge in [0.1, 0.15) is 29.4 Å². The van der Waals surface area contributed by atoms with Gasteiger partial charge < -0.3 is 9.64 Å². The highest BCUT2D eigenvalue weighted by atomic mass is 19.4. The van der Waals surface area contributed by atoms with E-state index in [1.165, 1.54) is 15.8 Å². The molecule has 0 aliphatic heterocycles. The molecule has 7 nitrogen and oxygen atoms in total. The number of likely N-dealkylation sites (N-methyl/N-ethyl adjacent to an activating group) is 1. The Hall–Kier alpha value is -3.50. The van der Waals surface area contributed by atoms with Crippen molar-refractivity contribution in [3.8, 4) is 17.3 Å². The highest BCUT2D eigenvalue weighted by Crippen LogP contribution is 2.29. The number of pyridine rings is 2. The molecule has 11 heteroatoms. The maximum absolute atomic E-state index is 14.7. The lowest BCUT2D eigenvalue weighted by atomic mass is 10.1. The van der Waals surface area contributed by atoms with Gasteiger partial charge >= 0.3 is 6.18 Å². The number of ether oxygens (including phenoxy) is 1. The van der Waals surface area contributed by atoms with Crippen LogP contribution in [0.3, 0.4) is 0 Å². The molecule has 1 amide bonds. The molecule has 3 rings (SSSR count). The first-order chi connectivity index (χ1) is 15.1. The molecule has 0 spiro atoms. The predicted molar refractivity (Wildman–Crippen MR) is 107 cm³/mol. The van der Waals surface area contributed by atoms with Crippen LogP contribution in [0.15, 0.2) is 42.9 Å². The standard InChI is InChI=1S/C21H21F4N5O2/c1-4-30(13(2)12-32-17-6-5-14(11-27-17)21(23,24)25)20(31)18-15(22)7-9-26-19(18)16-8-10-29(3)28-16/h5-11,13H,4,12H2,1-3H3/t13-/m0/s1. The molecule has 170 valence electrons. The van der Waals surface area contributed by atoms with Gasteiger partial charge in [0.2, 0.25) is 5.88 Å². The van der Waals surface area contributed by atoms with Crippen LogP contribution in [0.1, 0.15) is 29.8 Å². The molecule has 3 heterocycles. The molecule has 0 N–H and O–H groups in total. The van der Waals surface area contributed by atoms with Gasteiger partial charge in [0.05, 0.1) is 11.6 Å². The van der Waals surface area contributed by atoms with Crippen LogP contribution < -0.4 is 4.74 Å². The zero-order valence-corrected chi connectivity index (χ0v) is 17.6. The van der Waals surface area contributed by atoms with Crippen molar-refractivity contribution in [1.29, 1.82) is 0 Å². The number of hydrogen-bond acceptors (Lipinski definition) is 5. The van der Waals surface area contributed by atoms with Crippen molar-refractivity contribution in [2.45, 2.75) is 26.1 Å². The third kappa shape index (κ3) is 5.04. The SMILES string of the molecule is CCN(C(=O)c1c(F)ccnc1-c1ccn(C)n1)[C@@H](C)COc1ccc(C(F)(F)F)cn1. The first-order valence-electron chi connectivity index (χ1n) is 9.73. The van der Waals surface area contributed by atoms with Crippen LogP contribution in [-0.2, 0) is 13.2 Å². The first-order valence-corrected chi connectivity index (χ1v) is 9.73. The van der Waals surface area contributed by atoms with Crippen molar-refractivity contribution in [2.24, 2.45) is 7.05 Å². The van der Waals surface area contributed by atoms with Crippen LogP contribution in [0, 0.1) is 5.82 Å². The van der Waals surface area contributed by atoms with Crippen molar-refractivity contribution >= 4 is 5.91 Å². The lowest BCUT2D eigenvalue weighted by Crippen LogP contribution is -2.42. The largest absolute Gasteiger partial charge is 0.475 e. The predicted octanol–water partition coefficient (Wildman–Crippen LogP) is 3.96. The summed E-state index contributed by atoms with van der Waals surface area (Å²) in [6.07, 6.45) is -0.910. The number of carbonyl (C=O) groups excluding carboxylic acids is 1. The summed E-state index contributed by atoms with van der Waals surface area (Å²) < 4.78 is 59.6. The van der Waals surface area contributed by atoms with Crippen LogP contribution in [0.2, 0.25) is 0 Å². The van der Waals surface area contributed by atoms with Crippen molar-refractivity contribution in [3.63, 3.8) is 0 Å². The van der Waals surface area contributed by atoms with E-state index < -0.39 is 29.5 Å². The van der Waals surface area contributed by atoms with E-state index in [1.807, 2.05) is 0 Å². The van der Waals surface area contributed by atoms with Crippen molar-refractivity contribution in [1.82, 2.24) is 24.6 Å². The second-order valence-electron chi connectivity index (χ2n) is 7.03. The monoisotopic (exact) mass is 451 g/mol. The van der Waals surface area contributed by atoms with Gasteiger partial charge in [-0.1, -0.05) is 0 Å². The van der Waals surface area contributed by atoms with Gasteiger partial charge in [0.25, 0.3) is 5.91 Å². The van der Waals surface area contributed by atoms with Crippen molar-refractivity contribution < 1.29 is 27.1 Å². The van der Waals surface area contributed by atoms with E-state index >= 15 is 0 Å². The first kappa shape index (κ1) is 23.2. The molecular weight excluding hydrogens is 430 g/mol. The van der Waals surface area contributed by atoms with E-state index in [4.69, 9.17) is 4.74 Å². The van der Waals surface area contributed by atoms with E-state index in [9.17, 15) is 22.4 Å². The van der Waals surface area contributed by atoms with Gasteiger partial charge in [-0.3, -0.25) is 14.5 Å². The fraction of sp³-hybridized carbons (Fsp3) is 0.333. The molecular formula is C21H21F4N5O2. The average molecular weight is 451 g/mol. The average Bonchev–Trinajstić information content (AvgIpc) is 3.18. The molecule has 1 atom stereocenters. The molecule has 0 saturated carbocycles. The summed E-state index contributed by atoms with van der Waals surface area (Å²) >= 11 is 0. The number of amides is 1. The molecule has 32 heavy (non-hydrogen) atoms. The Morgan fingerprint density at radius 2 is 1.97 bits per heavy atom. The molecule has 0 aromatic carbocycles. The number of alkyl halides is 3. The molecule has 0 bridgehead atoms. The van der Waals surface area contributed by atoms with Gasteiger partial charge in [-0.05, 0) is 32.0 Å². The summed E-state index contributed by atoms with van der Waals surface area (Å²) in [7, 11) is 1.69. The van der Waals surface area contributed by atoms with Crippen LogP contribution in [0.25, 0.3) is 11.4 Å². The summed E-state index contributed by atoms with van der Waals surface area (Å²) in [5.41, 5.74) is -0.638. The van der Waals surface area contributed by atoms with Gasteiger partial charge in [-0.2, -0.15) is 18.3 Å². The van der Waals surface area contributed by atoms with Gasteiger partial charge in [0, 0.05) is 38.2 Å². The van der Waals surface area contributed by atoms with Crippen LogP contribution >= 0.6 is 0 Å². The number of rotatable bonds is 7.